The molecule has 0 saturated carbocycles. The van der Waals surface area contributed by atoms with Gasteiger partial charge in [-0.25, -0.2) is 0 Å². The Labute approximate surface area is 143 Å². The Morgan fingerprint density at radius 3 is 2.46 bits per heavy atom. The maximum atomic E-state index is 9.16. The topological polar surface area (TPSA) is 98.0 Å². The van der Waals surface area contributed by atoms with Gasteiger partial charge in [0.05, 0.1) is 5.69 Å². The monoisotopic (exact) mass is 324 g/mol. The number of rotatable bonds is 0. The van der Waals surface area contributed by atoms with Crippen LogP contribution < -0.4 is 16.2 Å². The zero-order valence-corrected chi connectivity index (χ0v) is 14.9. The number of nitrogen functional groups attached to an aromatic ring is 2. The molecule has 4 N–H and O–H groups in total. The fourth-order valence-corrected chi connectivity index (χ4v) is 2.73. The number of nitrogens with zero attached hydrogens (tertiary/aromatic N) is 2. The maximum Gasteiger partial charge on any atom is 0.226 e. The van der Waals surface area contributed by atoms with E-state index >= 15 is 0 Å². The van der Waals surface area contributed by atoms with Crippen LogP contribution >= 0.6 is 0 Å². The van der Waals surface area contributed by atoms with E-state index in [9.17, 15) is 0 Å². The van der Waals surface area contributed by atoms with Gasteiger partial charge in [-0.2, -0.15) is 10.2 Å². The van der Waals surface area contributed by atoms with Gasteiger partial charge in [0.2, 0.25) is 5.88 Å². The first-order valence-corrected chi connectivity index (χ1v) is 8.11. The molecule has 2 heterocycles. The molecule has 0 atom stereocenters. The van der Waals surface area contributed by atoms with Crippen molar-refractivity contribution in [1.29, 1.82) is 5.26 Å². The van der Waals surface area contributed by atoms with Gasteiger partial charge < -0.3 is 16.2 Å². The minimum atomic E-state index is -0.0491. The molecule has 0 spiro atoms. The number of ether oxygens (including phenoxy) is 1. The average molecular weight is 324 g/mol. The Bertz CT molecular complexity index is 814. The van der Waals surface area contributed by atoms with Crippen LogP contribution in [0.4, 0.5) is 11.5 Å². The Morgan fingerprint density at radius 1 is 1.21 bits per heavy atom. The summed E-state index contributed by atoms with van der Waals surface area (Å²) in [5, 5.41) is 9.16. The number of pyridine rings is 1. The summed E-state index contributed by atoms with van der Waals surface area (Å²) < 4.78 is 6.02. The van der Waals surface area contributed by atoms with Crippen LogP contribution in [-0.4, -0.2) is 4.98 Å². The summed E-state index contributed by atoms with van der Waals surface area (Å²) >= 11 is 0. The highest BCUT2D eigenvalue weighted by Crippen LogP contribution is 2.44. The number of aromatic nitrogens is 1. The van der Waals surface area contributed by atoms with Crippen LogP contribution in [0.5, 0.6) is 11.6 Å². The van der Waals surface area contributed by atoms with Gasteiger partial charge in [-0.1, -0.05) is 52.8 Å². The van der Waals surface area contributed by atoms with E-state index in [0.717, 1.165) is 22.4 Å². The van der Waals surface area contributed by atoms with E-state index in [1.54, 1.807) is 0 Å². The molecule has 5 nitrogen and oxygen atoms in total. The molecular formula is C19H24N4O. The zero-order chi connectivity index (χ0) is 18.1. The van der Waals surface area contributed by atoms with E-state index in [2.05, 4.69) is 31.8 Å². The quantitative estimate of drug-likeness (QED) is 0.647. The van der Waals surface area contributed by atoms with Crippen molar-refractivity contribution in [3.63, 3.8) is 0 Å². The number of hydrogen-bond donors (Lipinski definition) is 2. The first kappa shape index (κ1) is 17.6. The fraction of sp³-hybridized carbons (Fsp3) is 0.368. The SMILES string of the molecule is CC.CC(C)(C)c1cccc2c1Oc1nc(N)c(C#N)c(N)c1C2. The summed E-state index contributed by atoms with van der Waals surface area (Å²) in [4.78, 5) is 4.22. The maximum absolute atomic E-state index is 9.16. The molecule has 0 unspecified atom stereocenters. The lowest BCUT2D eigenvalue weighted by molar-refractivity contribution is 0.421. The molecule has 0 aliphatic carbocycles. The molecule has 1 aromatic carbocycles. The number of anilines is 2. The van der Waals surface area contributed by atoms with Crippen LogP contribution in [0.3, 0.4) is 0 Å². The third-order valence-corrected chi connectivity index (χ3v) is 3.91. The van der Waals surface area contributed by atoms with Crippen LogP contribution in [0.2, 0.25) is 0 Å². The van der Waals surface area contributed by atoms with E-state index in [1.807, 2.05) is 32.0 Å². The zero-order valence-electron chi connectivity index (χ0n) is 14.9. The summed E-state index contributed by atoms with van der Waals surface area (Å²) in [7, 11) is 0. The molecule has 1 aromatic heterocycles. The molecule has 2 aromatic rings. The molecule has 3 rings (SSSR count). The van der Waals surface area contributed by atoms with Crippen molar-refractivity contribution >= 4 is 11.5 Å². The van der Waals surface area contributed by atoms with Crippen molar-refractivity contribution < 1.29 is 4.74 Å². The molecule has 0 saturated heterocycles. The highest BCUT2D eigenvalue weighted by atomic mass is 16.5. The molecular weight excluding hydrogens is 300 g/mol. The van der Waals surface area contributed by atoms with Crippen LogP contribution in [0.25, 0.3) is 0 Å². The lowest BCUT2D eigenvalue weighted by Gasteiger charge is -2.28. The normalized spacial score (nSPS) is 12.0. The predicted molar refractivity (Wildman–Crippen MR) is 97.1 cm³/mol. The van der Waals surface area contributed by atoms with Crippen LogP contribution in [0.15, 0.2) is 18.2 Å². The molecule has 0 fully saturated rings. The Balaban J connectivity index is 0.00000100. The van der Waals surface area contributed by atoms with Gasteiger partial charge >= 0.3 is 0 Å². The van der Waals surface area contributed by atoms with Gasteiger partial charge in [0.15, 0.2) is 0 Å². The molecule has 0 bridgehead atoms. The first-order chi connectivity index (χ1) is 11.3. The molecule has 126 valence electrons. The number of nitriles is 1. The Hall–Kier alpha value is -2.74. The van der Waals surface area contributed by atoms with E-state index < -0.39 is 0 Å². The van der Waals surface area contributed by atoms with Crippen LogP contribution in [0, 0.1) is 11.3 Å². The number of para-hydroxylation sites is 1. The lowest BCUT2D eigenvalue weighted by Crippen LogP contribution is -2.17. The van der Waals surface area contributed by atoms with Gasteiger partial charge in [0.25, 0.3) is 0 Å². The second-order valence-corrected chi connectivity index (χ2v) is 6.50. The summed E-state index contributed by atoms with van der Waals surface area (Å²) in [5.41, 5.74) is 15.3. The summed E-state index contributed by atoms with van der Waals surface area (Å²) in [6, 6.07) is 8.08. The van der Waals surface area contributed by atoms with Gasteiger partial charge in [-0.15, -0.1) is 0 Å². The highest BCUT2D eigenvalue weighted by Gasteiger charge is 2.29. The summed E-state index contributed by atoms with van der Waals surface area (Å²) in [5.74, 6) is 1.33. The van der Waals surface area contributed by atoms with Crippen molar-refractivity contribution in [3.8, 4) is 17.7 Å². The van der Waals surface area contributed by atoms with E-state index in [0.29, 0.717) is 18.0 Å². The lowest BCUT2D eigenvalue weighted by atomic mass is 9.83. The van der Waals surface area contributed by atoms with Gasteiger partial charge in [-0.3, -0.25) is 0 Å². The number of fused-ring (bicyclic) bond motifs is 2. The second-order valence-electron chi connectivity index (χ2n) is 6.50. The van der Waals surface area contributed by atoms with Crippen molar-refractivity contribution in [1.82, 2.24) is 4.98 Å². The third kappa shape index (κ3) is 2.88. The minimum Gasteiger partial charge on any atom is -0.438 e. The van der Waals surface area contributed by atoms with Crippen molar-refractivity contribution in [3.05, 3.63) is 40.5 Å². The van der Waals surface area contributed by atoms with E-state index in [4.69, 9.17) is 21.5 Å². The molecule has 0 radical (unpaired) electrons. The van der Waals surface area contributed by atoms with Crippen molar-refractivity contribution in [2.45, 2.75) is 46.5 Å². The van der Waals surface area contributed by atoms with Crippen molar-refractivity contribution in [2.75, 3.05) is 11.5 Å². The average Bonchev–Trinajstić information content (AvgIpc) is 2.54. The summed E-state index contributed by atoms with van der Waals surface area (Å²) in [6.07, 6.45) is 0.586. The molecule has 1 aliphatic heterocycles. The van der Waals surface area contributed by atoms with E-state index in [1.165, 1.54) is 0 Å². The second kappa shape index (κ2) is 6.40. The standard InChI is InChI=1S/C17H18N4O.C2H6/c1-17(2,3)12-6-4-5-9-7-10-13(19)11(8-18)15(20)21-16(10)22-14(9)12;1-2/h4-6H,7H2,1-3H3,(H4,19,20,21);1-2H3. The highest BCUT2D eigenvalue weighted by molar-refractivity contribution is 5.72. The Kier molecular flexibility index (Phi) is 4.70. The van der Waals surface area contributed by atoms with Crippen LogP contribution in [-0.2, 0) is 11.8 Å². The smallest absolute Gasteiger partial charge is 0.226 e. The summed E-state index contributed by atoms with van der Waals surface area (Å²) in [6.45, 7) is 10.4. The number of hydrogen-bond acceptors (Lipinski definition) is 5. The number of nitrogens with two attached hydrogens (primary N) is 2. The minimum absolute atomic E-state index is 0.0491. The van der Waals surface area contributed by atoms with Crippen LogP contribution in [0.1, 0.15) is 56.9 Å². The molecule has 0 amide bonds. The van der Waals surface area contributed by atoms with E-state index in [-0.39, 0.29) is 16.8 Å². The largest absolute Gasteiger partial charge is 0.438 e. The van der Waals surface area contributed by atoms with Gasteiger partial charge in [-0.05, 0) is 11.0 Å². The molecule has 5 heteroatoms. The number of benzene rings is 1. The third-order valence-electron chi connectivity index (χ3n) is 3.91. The molecule has 24 heavy (non-hydrogen) atoms. The molecule has 1 aliphatic rings. The van der Waals surface area contributed by atoms with Gasteiger partial charge in [0.1, 0.15) is 23.2 Å². The fourth-order valence-electron chi connectivity index (χ4n) is 2.73. The van der Waals surface area contributed by atoms with Gasteiger partial charge in [0, 0.05) is 17.5 Å². The Morgan fingerprint density at radius 2 is 1.88 bits per heavy atom. The van der Waals surface area contributed by atoms with Crippen molar-refractivity contribution in [2.24, 2.45) is 0 Å². The first-order valence-electron chi connectivity index (χ1n) is 8.11. The predicted octanol–water partition coefficient (Wildman–Crippen LogP) is 4.14.